The van der Waals surface area contributed by atoms with Crippen LogP contribution in [0.25, 0.3) is 0 Å². The fraction of sp³-hybridized carbons (Fsp3) is 0.833. The van der Waals surface area contributed by atoms with Crippen LogP contribution < -0.4 is 5.73 Å². The fourth-order valence-corrected chi connectivity index (χ4v) is 3.87. The Morgan fingerprint density at radius 3 is 2.67 bits per heavy atom. The Bertz CT molecular complexity index is 371. The topological polar surface area (TPSA) is 52.3 Å². The van der Waals surface area contributed by atoms with Gasteiger partial charge in [-0.3, -0.25) is 4.79 Å². The van der Waals surface area contributed by atoms with Gasteiger partial charge >= 0.3 is 5.97 Å². The maximum absolute atomic E-state index is 12.2. The highest BCUT2D eigenvalue weighted by Crippen LogP contribution is 2.33. The van der Waals surface area contributed by atoms with Crippen LogP contribution in [0.15, 0.2) is 11.6 Å². The van der Waals surface area contributed by atoms with Gasteiger partial charge in [0.15, 0.2) is 0 Å². The van der Waals surface area contributed by atoms with E-state index in [9.17, 15) is 4.79 Å². The number of methoxy groups -OCH3 is 1. The number of hydrogen-bond acceptors (Lipinski definition) is 3. The molecule has 2 aliphatic rings. The molecule has 0 saturated heterocycles. The monoisotopic (exact) mass is 293 g/mol. The maximum Gasteiger partial charge on any atom is 0.326 e. The summed E-state index contributed by atoms with van der Waals surface area (Å²) in [5, 5.41) is 0. The van der Waals surface area contributed by atoms with E-state index in [-0.39, 0.29) is 5.97 Å². The molecule has 2 N–H and O–H groups in total. The zero-order valence-corrected chi connectivity index (χ0v) is 13.5. The molecule has 0 amide bonds. The average Bonchev–Trinajstić information content (AvgIpc) is 2.54. The summed E-state index contributed by atoms with van der Waals surface area (Å²) in [7, 11) is 1.46. The van der Waals surface area contributed by atoms with E-state index in [1.165, 1.54) is 57.6 Å². The van der Waals surface area contributed by atoms with Crippen LogP contribution >= 0.6 is 0 Å². The lowest BCUT2D eigenvalue weighted by molar-refractivity contribution is -0.147. The van der Waals surface area contributed by atoms with Crippen LogP contribution in [-0.2, 0) is 9.53 Å². The van der Waals surface area contributed by atoms with Crippen molar-refractivity contribution in [2.24, 2.45) is 11.7 Å². The summed E-state index contributed by atoms with van der Waals surface area (Å²) >= 11 is 0. The molecule has 0 radical (unpaired) electrons. The maximum atomic E-state index is 12.2. The number of ether oxygens (including phenoxy) is 1. The molecule has 1 unspecified atom stereocenters. The second kappa shape index (κ2) is 7.98. The first kappa shape index (κ1) is 16.5. The summed E-state index contributed by atoms with van der Waals surface area (Å²) in [6, 6.07) is 0. The first-order valence-electron chi connectivity index (χ1n) is 8.69. The highest BCUT2D eigenvalue weighted by molar-refractivity contribution is 5.80. The zero-order chi connectivity index (χ0) is 15.1. The number of esters is 1. The average molecular weight is 293 g/mol. The Balaban J connectivity index is 1.94. The van der Waals surface area contributed by atoms with Gasteiger partial charge in [-0.2, -0.15) is 0 Å². The van der Waals surface area contributed by atoms with E-state index in [1.807, 2.05) is 0 Å². The third-order valence-electron chi connectivity index (χ3n) is 5.24. The van der Waals surface area contributed by atoms with E-state index in [2.05, 4.69) is 6.08 Å². The van der Waals surface area contributed by atoms with E-state index in [0.717, 1.165) is 31.6 Å². The zero-order valence-electron chi connectivity index (χ0n) is 13.5. The van der Waals surface area contributed by atoms with Crippen LogP contribution in [-0.4, -0.2) is 18.6 Å². The number of carbonyl (C=O) groups excluding carboxylic acids is 1. The lowest BCUT2D eigenvalue weighted by Crippen LogP contribution is -2.49. The predicted octanol–water partition coefficient (Wildman–Crippen LogP) is 4.11. The number of nitrogens with two attached hydrogens (primary N) is 1. The number of hydrogen-bond donors (Lipinski definition) is 1. The molecule has 2 aliphatic carbocycles. The number of allylic oxidation sites excluding steroid dienone is 1. The van der Waals surface area contributed by atoms with E-state index < -0.39 is 5.54 Å². The summed E-state index contributed by atoms with van der Waals surface area (Å²) in [6.07, 6.45) is 16.2. The molecule has 0 bridgehead atoms. The Labute approximate surface area is 129 Å². The Morgan fingerprint density at radius 1 is 1.29 bits per heavy atom. The van der Waals surface area contributed by atoms with E-state index in [0.29, 0.717) is 6.42 Å². The lowest BCUT2D eigenvalue weighted by atomic mass is 9.79. The standard InChI is InChI=1S/C18H31NO2/c1-21-17(20)18(19,14-16-10-6-3-7-11-16)13-12-15-8-4-2-5-9-15/h10,15H,2-9,11-14,19H2,1H3. The Kier molecular flexibility index (Phi) is 6.28. The van der Waals surface area contributed by atoms with Crippen molar-refractivity contribution in [1.29, 1.82) is 0 Å². The van der Waals surface area contributed by atoms with Crippen molar-refractivity contribution in [2.45, 2.75) is 82.6 Å². The molecular formula is C18H31NO2. The van der Waals surface area contributed by atoms with E-state index in [4.69, 9.17) is 10.5 Å². The molecule has 0 aromatic rings. The van der Waals surface area contributed by atoms with Crippen LogP contribution in [0.1, 0.15) is 77.0 Å². The van der Waals surface area contributed by atoms with Crippen molar-refractivity contribution in [3.05, 3.63) is 11.6 Å². The van der Waals surface area contributed by atoms with Crippen molar-refractivity contribution < 1.29 is 9.53 Å². The summed E-state index contributed by atoms with van der Waals surface area (Å²) in [4.78, 5) is 12.2. The third-order valence-corrected chi connectivity index (χ3v) is 5.24. The molecule has 0 spiro atoms. The van der Waals surface area contributed by atoms with Crippen LogP contribution in [0.5, 0.6) is 0 Å². The normalized spacial score (nSPS) is 23.2. The van der Waals surface area contributed by atoms with Gasteiger partial charge in [0.2, 0.25) is 0 Å². The minimum absolute atomic E-state index is 0.232. The first-order chi connectivity index (χ1) is 10.1. The second-order valence-electron chi connectivity index (χ2n) is 6.98. The molecule has 3 heteroatoms. The molecule has 0 aromatic carbocycles. The quantitative estimate of drug-likeness (QED) is 0.592. The van der Waals surface area contributed by atoms with Gasteiger partial charge in [-0.25, -0.2) is 0 Å². The lowest BCUT2D eigenvalue weighted by Gasteiger charge is -2.31. The van der Waals surface area contributed by atoms with Crippen molar-refractivity contribution in [1.82, 2.24) is 0 Å². The van der Waals surface area contributed by atoms with Gasteiger partial charge in [0.25, 0.3) is 0 Å². The van der Waals surface area contributed by atoms with Crippen molar-refractivity contribution in [2.75, 3.05) is 7.11 Å². The minimum Gasteiger partial charge on any atom is -0.468 e. The molecule has 1 fully saturated rings. The minimum atomic E-state index is -0.810. The summed E-state index contributed by atoms with van der Waals surface area (Å²) in [5.41, 5.74) is 7.03. The molecule has 3 nitrogen and oxygen atoms in total. The smallest absolute Gasteiger partial charge is 0.326 e. The summed E-state index contributed by atoms with van der Waals surface area (Å²) in [6.45, 7) is 0. The van der Waals surface area contributed by atoms with Crippen molar-refractivity contribution in [3.63, 3.8) is 0 Å². The van der Waals surface area contributed by atoms with Gasteiger partial charge in [-0.05, 0) is 50.9 Å². The van der Waals surface area contributed by atoms with Gasteiger partial charge in [0, 0.05) is 0 Å². The Hall–Kier alpha value is -0.830. The van der Waals surface area contributed by atoms with Crippen LogP contribution in [0.2, 0.25) is 0 Å². The SMILES string of the molecule is COC(=O)C(N)(CCC1CCCCC1)CC1=CCCCC1. The Morgan fingerprint density at radius 2 is 2.05 bits per heavy atom. The number of rotatable bonds is 6. The second-order valence-corrected chi connectivity index (χ2v) is 6.98. The molecule has 0 heterocycles. The molecule has 2 rings (SSSR count). The van der Waals surface area contributed by atoms with Gasteiger partial charge in [-0.1, -0.05) is 43.8 Å². The van der Waals surface area contributed by atoms with Gasteiger partial charge in [-0.15, -0.1) is 0 Å². The number of carbonyl (C=O) groups is 1. The highest BCUT2D eigenvalue weighted by Gasteiger charge is 2.36. The van der Waals surface area contributed by atoms with Crippen LogP contribution in [0, 0.1) is 5.92 Å². The molecule has 1 atom stereocenters. The molecule has 1 saturated carbocycles. The fourth-order valence-electron chi connectivity index (χ4n) is 3.87. The third kappa shape index (κ3) is 4.84. The molecule has 21 heavy (non-hydrogen) atoms. The predicted molar refractivity (Wildman–Crippen MR) is 85.9 cm³/mol. The van der Waals surface area contributed by atoms with E-state index in [1.54, 1.807) is 0 Å². The van der Waals surface area contributed by atoms with Gasteiger partial charge < -0.3 is 10.5 Å². The molecular weight excluding hydrogens is 262 g/mol. The molecule has 120 valence electrons. The summed E-state index contributed by atoms with van der Waals surface area (Å²) < 4.78 is 5.01. The largest absolute Gasteiger partial charge is 0.468 e. The van der Waals surface area contributed by atoms with E-state index >= 15 is 0 Å². The van der Waals surface area contributed by atoms with Gasteiger partial charge in [0.05, 0.1) is 7.11 Å². The summed E-state index contributed by atoms with van der Waals surface area (Å²) in [5.74, 6) is 0.524. The van der Waals surface area contributed by atoms with Crippen molar-refractivity contribution in [3.8, 4) is 0 Å². The van der Waals surface area contributed by atoms with Gasteiger partial charge in [0.1, 0.15) is 5.54 Å². The first-order valence-corrected chi connectivity index (χ1v) is 8.69. The molecule has 0 aromatic heterocycles. The highest BCUT2D eigenvalue weighted by atomic mass is 16.5. The van der Waals surface area contributed by atoms with Crippen LogP contribution in [0.3, 0.4) is 0 Å². The van der Waals surface area contributed by atoms with Crippen molar-refractivity contribution >= 4 is 5.97 Å². The van der Waals surface area contributed by atoms with Crippen LogP contribution in [0.4, 0.5) is 0 Å². The molecule has 0 aliphatic heterocycles.